The van der Waals surface area contributed by atoms with Crippen LogP contribution in [0, 0.1) is 0 Å². The minimum absolute atomic E-state index is 0.292. The Morgan fingerprint density at radius 2 is 2.33 bits per heavy atom. The summed E-state index contributed by atoms with van der Waals surface area (Å²) in [4.78, 5) is 17.3. The molecule has 0 spiro atoms. The van der Waals surface area contributed by atoms with E-state index in [1.54, 1.807) is 24.5 Å². The number of carboxylic acids is 1. The second kappa shape index (κ2) is 3.70. The molecule has 0 fully saturated rings. The SMILES string of the molecule is O=C(O)CC(O)c1ccc2nc[nH]c2c1. The standard InChI is InChI=1S/C10H10N2O3/c13-9(4-10(14)15)6-1-2-7-8(3-6)12-5-11-7/h1-3,5,9,13H,4H2,(H,11,12)(H,14,15). The van der Waals surface area contributed by atoms with Crippen molar-refractivity contribution in [2.75, 3.05) is 0 Å². The molecule has 5 nitrogen and oxygen atoms in total. The monoisotopic (exact) mass is 206 g/mol. The van der Waals surface area contributed by atoms with Crippen molar-refractivity contribution in [3.63, 3.8) is 0 Å². The third kappa shape index (κ3) is 1.97. The molecule has 0 aliphatic rings. The molecule has 5 heteroatoms. The van der Waals surface area contributed by atoms with E-state index in [1.165, 1.54) is 0 Å². The minimum Gasteiger partial charge on any atom is -0.481 e. The van der Waals surface area contributed by atoms with Gasteiger partial charge in [0.15, 0.2) is 0 Å². The maximum Gasteiger partial charge on any atom is 0.306 e. The number of aromatic amines is 1. The second-order valence-corrected chi connectivity index (χ2v) is 3.29. The Labute approximate surface area is 85.4 Å². The van der Waals surface area contributed by atoms with E-state index < -0.39 is 12.1 Å². The molecule has 1 heterocycles. The van der Waals surface area contributed by atoms with E-state index in [-0.39, 0.29) is 6.42 Å². The molecule has 1 aromatic carbocycles. The summed E-state index contributed by atoms with van der Waals surface area (Å²) in [6.45, 7) is 0. The lowest BCUT2D eigenvalue weighted by Crippen LogP contribution is -2.05. The molecule has 0 aliphatic carbocycles. The van der Waals surface area contributed by atoms with E-state index in [4.69, 9.17) is 5.11 Å². The van der Waals surface area contributed by atoms with Crippen molar-refractivity contribution in [2.24, 2.45) is 0 Å². The third-order valence-corrected chi connectivity index (χ3v) is 2.20. The highest BCUT2D eigenvalue weighted by atomic mass is 16.4. The summed E-state index contributed by atoms with van der Waals surface area (Å²) in [5, 5.41) is 18.1. The molecule has 0 radical (unpaired) electrons. The number of aromatic nitrogens is 2. The van der Waals surface area contributed by atoms with Crippen molar-refractivity contribution >= 4 is 17.0 Å². The highest BCUT2D eigenvalue weighted by molar-refractivity contribution is 5.75. The molecule has 78 valence electrons. The first-order valence-corrected chi connectivity index (χ1v) is 4.49. The lowest BCUT2D eigenvalue weighted by Gasteiger charge is -2.07. The lowest BCUT2D eigenvalue weighted by molar-refractivity contribution is -0.139. The number of fused-ring (bicyclic) bond motifs is 1. The van der Waals surface area contributed by atoms with Crippen LogP contribution >= 0.6 is 0 Å². The van der Waals surface area contributed by atoms with Crippen LogP contribution in [0.3, 0.4) is 0 Å². The fourth-order valence-electron chi connectivity index (χ4n) is 1.44. The van der Waals surface area contributed by atoms with Gasteiger partial charge < -0.3 is 15.2 Å². The van der Waals surface area contributed by atoms with Gasteiger partial charge in [-0.05, 0) is 17.7 Å². The zero-order valence-corrected chi connectivity index (χ0v) is 7.84. The van der Waals surface area contributed by atoms with Crippen LogP contribution in [0.15, 0.2) is 24.5 Å². The van der Waals surface area contributed by atoms with Crippen LogP contribution < -0.4 is 0 Å². The van der Waals surface area contributed by atoms with Crippen LogP contribution in [0.4, 0.5) is 0 Å². The average Bonchev–Trinajstić information content (AvgIpc) is 2.62. The van der Waals surface area contributed by atoms with Gasteiger partial charge in [0.25, 0.3) is 0 Å². The molecular formula is C10H10N2O3. The number of aliphatic carboxylic acids is 1. The number of aliphatic hydroxyl groups is 1. The van der Waals surface area contributed by atoms with Gasteiger partial charge in [0, 0.05) is 0 Å². The molecule has 3 N–H and O–H groups in total. The Hall–Kier alpha value is -1.88. The first-order chi connectivity index (χ1) is 7.16. The first-order valence-electron chi connectivity index (χ1n) is 4.49. The number of H-pyrrole nitrogens is 1. The van der Waals surface area contributed by atoms with Crippen LogP contribution in [-0.2, 0) is 4.79 Å². The largest absolute Gasteiger partial charge is 0.481 e. The van der Waals surface area contributed by atoms with Crippen molar-refractivity contribution < 1.29 is 15.0 Å². The van der Waals surface area contributed by atoms with Gasteiger partial charge in [0.2, 0.25) is 0 Å². The molecule has 0 amide bonds. The minimum atomic E-state index is -1.02. The predicted molar refractivity (Wildman–Crippen MR) is 53.3 cm³/mol. The summed E-state index contributed by atoms with van der Waals surface area (Å²) >= 11 is 0. The van der Waals surface area contributed by atoms with E-state index in [1.807, 2.05) is 0 Å². The molecule has 1 aromatic heterocycles. The van der Waals surface area contributed by atoms with Gasteiger partial charge in [-0.25, -0.2) is 4.98 Å². The number of hydrogen-bond acceptors (Lipinski definition) is 3. The third-order valence-electron chi connectivity index (χ3n) is 2.20. The van der Waals surface area contributed by atoms with Gasteiger partial charge in [-0.2, -0.15) is 0 Å². The fourth-order valence-corrected chi connectivity index (χ4v) is 1.44. The van der Waals surface area contributed by atoms with Crippen LogP contribution in [0.2, 0.25) is 0 Å². The summed E-state index contributed by atoms with van der Waals surface area (Å²) in [6, 6.07) is 5.12. The van der Waals surface area contributed by atoms with Crippen molar-refractivity contribution in [3.05, 3.63) is 30.1 Å². The molecule has 2 aromatic rings. The summed E-state index contributed by atoms with van der Waals surface area (Å²) in [5.41, 5.74) is 2.16. The Kier molecular flexibility index (Phi) is 2.39. The van der Waals surface area contributed by atoms with Crippen LogP contribution in [0.25, 0.3) is 11.0 Å². The van der Waals surface area contributed by atoms with Gasteiger partial charge in [0.1, 0.15) is 0 Å². The van der Waals surface area contributed by atoms with Gasteiger partial charge in [0.05, 0.1) is 29.9 Å². The lowest BCUT2D eigenvalue weighted by atomic mass is 10.1. The van der Waals surface area contributed by atoms with Crippen molar-refractivity contribution in [2.45, 2.75) is 12.5 Å². The van der Waals surface area contributed by atoms with Crippen LogP contribution in [0.5, 0.6) is 0 Å². The molecule has 1 unspecified atom stereocenters. The molecule has 2 rings (SSSR count). The summed E-state index contributed by atoms with van der Waals surface area (Å²) in [7, 11) is 0. The number of imidazole rings is 1. The topological polar surface area (TPSA) is 86.2 Å². The number of nitrogens with one attached hydrogen (secondary N) is 1. The van der Waals surface area contributed by atoms with Gasteiger partial charge >= 0.3 is 5.97 Å². The van der Waals surface area contributed by atoms with Crippen LogP contribution in [-0.4, -0.2) is 26.2 Å². The zero-order valence-electron chi connectivity index (χ0n) is 7.84. The molecule has 0 bridgehead atoms. The fraction of sp³-hybridized carbons (Fsp3) is 0.200. The molecule has 0 saturated carbocycles. The Morgan fingerprint density at radius 3 is 3.07 bits per heavy atom. The number of carbonyl (C=O) groups is 1. The van der Waals surface area contributed by atoms with Crippen molar-refractivity contribution in [1.29, 1.82) is 0 Å². The van der Waals surface area contributed by atoms with Crippen molar-refractivity contribution in [1.82, 2.24) is 9.97 Å². The quantitative estimate of drug-likeness (QED) is 0.701. The number of rotatable bonds is 3. The number of hydrogen-bond donors (Lipinski definition) is 3. The van der Waals surface area contributed by atoms with E-state index in [0.29, 0.717) is 5.56 Å². The van der Waals surface area contributed by atoms with E-state index in [2.05, 4.69) is 9.97 Å². The summed E-state index contributed by atoms with van der Waals surface area (Å²) in [6.07, 6.45) is 0.285. The second-order valence-electron chi connectivity index (χ2n) is 3.29. The summed E-state index contributed by atoms with van der Waals surface area (Å²) < 4.78 is 0. The van der Waals surface area contributed by atoms with Gasteiger partial charge in [-0.1, -0.05) is 6.07 Å². The highest BCUT2D eigenvalue weighted by Gasteiger charge is 2.12. The Bertz CT molecular complexity index is 492. The van der Waals surface area contributed by atoms with Gasteiger partial charge in [-0.3, -0.25) is 4.79 Å². The average molecular weight is 206 g/mol. The first kappa shape index (κ1) is 9.67. The molecule has 1 atom stereocenters. The Balaban J connectivity index is 2.30. The maximum atomic E-state index is 10.4. The van der Waals surface area contributed by atoms with E-state index in [9.17, 15) is 9.90 Å². The summed E-state index contributed by atoms with van der Waals surface area (Å²) in [5.74, 6) is -1.02. The number of carboxylic acid groups (broad SMARTS) is 1. The normalized spacial score (nSPS) is 12.9. The van der Waals surface area contributed by atoms with E-state index in [0.717, 1.165) is 11.0 Å². The van der Waals surface area contributed by atoms with Gasteiger partial charge in [-0.15, -0.1) is 0 Å². The zero-order chi connectivity index (χ0) is 10.8. The number of benzene rings is 1. The predicted octanol–water partition coefficient (Wildman–Crippen LogP) is 1.07. The van der Waals surface area contributed by atoms with Crippen LogP contribution in [0.1, 0.15) is 18.1 Å². The smallest absolute Gasteiger partial charge is 0.306 e. The number of nitrogens with zero attached hydrogens (tertiary/aromatic N) is 1. The molecule has 15 heavy (non-hydrogen) atoms. The molecule has 0 aliphatic heterocycles. The Morgan fingerprint density at radius 1 is 1.53 bits per heavy atom. The maximum absolute atomic E-state index is 10.4. The number of aliphatic hydroxyl groups excluding tert-OH is 1. The highest BCUT2D eigenvalue weighted by Crippen LogP contribution is 2.20. The van der Waals surface area contributed by atoms with Crippen molar-refractivity contribution in [3.8, 4) is 0 Å². The van der Waals surface area contributed by atoms with E-state index >= 15 is 0 Å². The molecular weight excluding hydrogens is 196 g/mol. The molecule has 0 saturated heterocycles.